The molecule has 0 saturated heterocycles. The average Bonchev–Trinajstić information content (AvgIpc) is 2.94. The summed E-state index contributed by atoms with van der Waals surface area (Å²) in [6.45, 7) is 6.50. The van der Waals surface area contributed by atoms with Crippen LogP contribution in [0.4, 0.5) is 0 Å². The molecule has 0 aliphatic rings. The number of fused-ring (bicyclic) bond motifs is 1. The number of furan rings is 1. The number of rotatable bonds is 1. The molecule has 0 radical (unpaired) electrons. The molecule has 0 bridgehead atoms. The smallest absolute Gasteiger partial charge is 0.144 e. The Balaban J connectivity index is 2.06. The molecule has 0 saturated carbocycles. The molecule has 0 fully saturated rings. The topological polar surface area (TPSA) is 13.1 Å². The molecule has 0 spiro atoms. The summed E-state index contributed by atoms with van der Waals surface area (Å²) in [6.07, 6.45) is 0. The minimum absolute atomic E-state index is 0.0644. The highest BCUT2D eigenvalue weighted by atomic mass is 32.1. The fourth-order valence-corrected chi connectivity index (χ4v) is 3.00. The van der Waals surface area contributed by atoms with Crippen molar-refractivity contribution in [1.82, 2.24) is 0 Å². The summed E-state index contributed by atoms with van der Waals surface area (Å²) in [4.78, 5) is 1.20. The molecular formula is C16H16OS. The molecule has 3 aromatic rings. The van der Waals surface area contributed by atoms with E-state index in [1.54, 1.807) is 11.3 Å². The second-order valence-electron chi connectivity index (χ2n) is 5.56. The number of hydrogen-bond acceptors (Lipinski definition) is 2. The van der Waals surface area contributed by atoms with Gasteiger partial charge in [-0.25, -0.2) is 0 Å². The Hall–Kier alpha value is -1.54. The molecule has 18 heavy (non-hydrogen) atoms. The minimum atomic E-state index is 0.0644. The number of hydrogen-bond donors (Lipinski definition) is 0. The van der Waals surface area contributed by atoms with Gasteiger partial charge in [0, 0.05) is 10.1 Å². The van der Waals surface area contributed by atoms with Crippen LogP contribution in [0.3, 0.4) is 0 Å². The lowest BCUT2D eigenvalue weighted by molar-refractivity contribution is 0.417. The fraction of sp³-hybridized carbons (Fsp3) is 0.250. The summed E-state index contributed by atoms with van der Waals surface area (Å²) in [7, 11) is 0. The molecule has 92 valence electrons. The first-order chi connectivity index (χ1) is 8.54. The van der Waals surface area contributed by atoms with Crippen LogP contribution in [0.2, 0.25) is 0 Å². The highest BCUT2D eigenvalue weighted by Gasteiger charge is 2.19. The predicted octanol–water partition coefficient (Wildman–Crippen LogP) is 5.46. The third kappa shape index (κ3) is 1.97. The first-order valence-corrected chi connectivity index (χ1v) is 6.95. The van der Waals surface area contributed by atoms with Gasteiger partial charge in [-0.05, 0) is 29.7 Å². The Labute approximate surface area is 111 Å². The van der Waals surface area contributed by atoms with Crippen LogP contribution in [0.15, 0.2) is 46.9 Å². The van der Waals surface area contributed by atoms with E-state index in [1.165, 1.54) is 15.0 Å². The molecule has 3 rings (SSSR count). The molecule has 2 aromatic heterocycles. The van der Waals surface area contributed by atoms with Crippen molar-refractivity contribution in [2.24, 2.45) is 0 Å². The summed E-state index contributed by atoms with van der Waals surface area (Å²) in [5.74, 6) is 2.01. The van der Waals surface area contributed by atoms with Crippen LogP contribution < -0.4 is 0 Å². The van der Waals surface area contributed by atoms with Crippen molar-refractivity contribution in [2.75, 3.05) is 0 Å². The van der Waals surface area contributed by atoms with Crippen LogP contribution in [-0.2, 0) is 5.41 Å². The molecule has 0 N–H and O–H groups in total. The van der Waals surface area contributed by atoms with Crippen molar-refractivity contribution in [2.45, 2.75) is 26.2 Å². The van der Waals surface area contributed by atoms with Crippen molar-refractivity contribution in [1.29, 1.82) is 0 Å². The highest BCUT2D eigenvalue weighted by molar-refractivity contribution is 7.22. The van der Waals surface area contributed by atoms with Gasteiger partial charge in [-0.15, -0.1) is 11.3 Å². The van der Waals surface area contributed by atoms with Gasteiger partial charge in [0.1, 0.15) is 11.5 Å². The van der Waals surface area contributed by atoms with E-state index < -0.39 is 0 Å². The Kier molecular flexibility index (Phi) is 2.56. The first kappa shape index (κ1) is 11.5. The Morgan fingerprint density at radius 2 is 1.78 bits per heavy atom. The van der Waals surface area contributed by atoms with Crippen LogP contribution in [0.25, 0.3) is 20.7 Å². The largest absolute Gasteiger partial charge is 0.460 e. The van der Waals surface area contributed by atoms with E-state index in [4.69, 9.17) is 4.42 Å². The monoisotopic (exact) mass is 256 g/mol. The first-order valence-electron chi connectivity index (χ1n) is 6.13. The Morgan fingerprint density at radius 3 is 2.44 bits per heavy atom. The van der Waals surface area contributed by atoms with E-state index >= 15 is 0 Å². The summed E-state index contributed by atoms with van der Waals surface area (Å²) >= 11 is 1.78. The molecule has 0 amide bonds. The molecule has 0 unspecified atom stereocenters. The maximum Gasteiger partial charge on any atom is 0.144 e. The second kappa shape index (κ2) is 3.99. The third-order valence-corrected chi connectivity index (χ3v) is 4.14. The van der Waals surface area contributed by atoms with Gasteiger partial charge in [0.05, 0.1) is 4.88 Å². The number of benzene rings is 1. The Morgan fingerprint density at radius 1 is 1.00 bits per heavy atom. The van der Waals surface area contributed by atoms with Gasteiger partial charge in [0.2, 0.25) is 0 Å². The zero-order valence-electron chi connectivity index (χ0n) is 10.9. The molecular weight excluding hydrogens is 240 g/mol. The summed E-state index contributed by atoms with van der Waals surface area (Å²) in [5.41, 5.74) is 0.0644. The van der Waals surface area contributed by atoms with Crippen molar-refractivity contribution in [3.63, 3.8) is 0 Å². The molecule has 1 aromatic carbocycles. The van der Waals surface area contributed by atoms with Crippen LogP contribution >= 0.6 is 11.3 Å². The maximum absolute atomic E-state index is 5.97. The quantitative estimate of drug-likeness (QED) is 0.563. The molecule has 0 aliphatic heterocycles. The van der Waals surface area contributed by atoms with E-state index in [9.17, 15) is 0 Å². The summed E-state index contributed by atoms with van der Waals surface area (Å²) in [6, 6.07) is 14.8. The summed E-state index contributed by atoms with van der Waals surface area (Å²) in [5, 5.41) is 1.28. The van der Waals surface area contributed by atoms with Gasteiger partial charge in [-0.1, -0.05) is 39.0 Å². The van der Waals surface area contributed by atoms with Gasteiger partial charge in [-0.2, -0.15) is 0 Å². The van der Waals surface area contributed by atoms with E-state index in [0.717, 1.165) is 11.5 Å². The predicted molar refractivity (Wildman–Crippen MR) is 78.2 cm³/mol. The molecule has 2 heteroatoms. The summed E-state index contributed by atoms with van der Waals surface area (Å²) < 4.78 is 7.28. The van der Waals surface area contributed by atoms with Crippen LogP contribution in [0.5, 0.6) is 0 Å². The number of thiophene rings is 1. The minimum Gasteiger partial charge on any atom is -0.460 e. The van der Waals surface area contributed by atoms with Gasteiger partial charge in [-0.3, -0.25) is 0 Å². The Bertz CT molecular complexity index is 649. The van der Waals surface area contributed by atoms with Gasteiger partial charge < -0.3 is 4.42 Å². The van der Waals surface area contributed by atoms with E-state index in [-0.39, 0.29) is 5.41 Å². The molecule has 0 aliphatic carbocycles. The average molecular weight is 256 g/mol. The van der Waals surface area contributed by atoms with Crippen molar-refractivity contribution in [3.05, 3.63) is 48.2 Å². The normalized spacial score (nSPS) is 12.2. The van der Waals surface area contributed by atoms with Crippen molar-refractivity contribution < 1.29 is 4.42 Å². The zero-order valence-corrected chi connectivity index (χ0v) is 11.7. The molecule has 1 nitrogen and oxygen atoms in total. The van der Waals surface area contributed by atoms with Gasteiger partial charge in [0.25, 0.3) is 0 Å². The molecule has 0 atom stereocenters. The second-order valence-corrected chi connectivity index (χ2v) is 6.65. The van der Waals surface area contributed by atoms with Crippen LogP contribution in [-0.4, -0.2) is 0 Å². The van der Waals surface area contributed by atoms with Gasteiger partial charge in [0.15, 0.2) is 0 Å². The van der Waals surface area contributed by atoms with E-state index in [1.807, 2.05) is 0 Å². The molecule has 2 heterocycles. The van der Waals surface area contributed by atoms with E-state index in [0.29, 0.717) is 0 Å². The third-order valence-electron chi connectivity index (χ3n) is 3.01. The lowest BCUT2D eigenvalue weighted by Gasteiger charge is -2.13. The van der Waals surface area contributed by atoms with Crippen molar-refractivity contribution >= 4 is 21.4 Å². The highest BCUT2D eigenvalue weighted by Crippen LogP contribution is 2.36. The van der Waals surface area contributed by atoms with Crippen LogP contribution in [0.1, 0.15) is 26.5 Å². The standard InChI is InChI=1S/C16H16OS/c1-16(2,3)15-9-8-12(17-15)14-10-11-6-4-5-7-13(11)18-14/h4-10H,1-3H3. The lowest BCUT2D eigenvalue weighted by Crippen LogP contribution is -2.08. The lowest BCUT2D eigenvalue weighted by atomic mass is 9.94. The van der Waals surface area contributed by atoms with Gasteiger partial charge >= 0.3 is 0 Å². The van der Waals surface area contributed by atoms with Crippen molar-refractivity contribution in [3.8, 4) is 10.6 Å². The SMILES string of the molecule is CC(C)(C)c1ccc(-c2cc3ccccc3s2)o1. The van der Waals surface area contributed by atoms with E-state index in [2.05, 4.69) is 63.2 Å². The fourth-order valence-electron chi connectivity index (χ4n) is 1.98. The maximum atomic E-state index is 5.97. The van der Waals surface area contributed by atoms with Crippen LogP contribution in [0, 0.1) is 0 Å². The zero-order chi connectivity index (χ0) is 12.8.